The molecule has 1 aliphatic rings. The van der Waals surface area contributed by atoms with E-state index in [4.69, 9.17) is 15.3 Å². The number of fused-ring (bicyclic) bond motifs is 1. The van der Waals surface area contributed by atoms with Crippen molar-refractivity contribution in [3.8, 4) is 0 Å². The van der Waals surface area contributed by atoms with E-state index < -0.39 is 11.9 Å². The fourth-order valence-corrected chi connectivity index (χ4v) is 3.66. The molecule has 0 aromatic carbocycles. The summed E-state index contributed by atoms with van der Waals surface area (Å²) in [6.45, 7) is 14.8. The molecule has 0 unspecified atom stereocenters. The number of nitrogens with one attached hydrogen (secondary N) is 1. The number of primary amides is 1. The van der Waals surface area contributed by atoms with Gasteiger partial charge in [0.15, 0.2) is 0 Å². The highest BCUT2D eigenvalue weighted by Crippen LogP contribution is 2.44. The Morgan fingerprint density at radius 1 is 1.33 bits per heavy atom. The average Bonchev–Trinajstić information content (AvgIpc) is 3.28. The molecule has 0 aliphatic heterocycles. The number of esters is 1. The van der Waals surface area contributed by atoms with Gasteiger partial charge in [0.2, 0.25) is 0 Å². The second-order valence-corrected chi connectivity index (χ2v) is 7.57. The van der Waals surface area contributed by atoms with Crippen LogP contribution in [0.5, 0.6) is 0 Å². The Balaban J connectivity index is 0.00000106. The molecular formula is C22H34N4O4. The summed E-state index contributed by atoms with van der Waals surface area (Å²) in [5, 5.41) is 7.75. The van der Waals surface area contributed by atoms with Gasteiger partial charge in [0.05, 0.1) is 35.1 Å². The van der Waals surface area contributed by atoms with Crippen molar-refractivity contribution in [1.29, 1.82) is 0 Å². The molecule has 3 N–H and O–H groups in total. The number of hydrogen-bond donors (Lipinski definition) is 2. The monoisotopic (exact) mass is 418 g/mol. The van der Waals surface area contributed by atoms with Gasteiger partial charge >= 0.3 is 5.97 Å². The van der Waals surface area contributed by atoms with Crippen LogP contribution in [0.2, 0.25) is 0 Å². The molecule has 3 rings (SSSR count). The van der Waals surface area contributed by atoms with Gasteiger partial charge in [-0.15, -0.1) is 0 Å². The second-order valence-electron chi connectivity index (χ2n) is 7.57. The number of hydrogen-bond acceptors (Lipinski definition) is 6. The Kier molecular flexibility index (Phi) is 9.01. The zero-order valence-corrected chi connectivity index (χ0v) is 18.8. The second kappa shape index (κ2) is 10.8. The Morgan fingerprint density at radius 3 is 2.47 bits per heavy atom. The molecule has 2 heterocycles. The minimum atomic E-state index is -0.551. The van der Waals surface area contributed by atoms with Crippen molar-refractivity contribution in [3.63, 3.8) is 0 Å². The Morgan fingerprint density at radius 2 is 1.97 bits per heavy atom. The average molecular weight is 419 g/mol. The lowest BCUT2D eigenvalue weighted by Crippen LogP contribution is -2.35. The predicted octanol–water partition coefficient (Wildman–Crippen LogP) is 3.69. The molecule has 2 aromatic rings. The molecule has 1 fully saturated rings. The van der Waals surface area contributed by atoms with Crippen molar-refractivity contribution >= 4 is 29.9 Å². The third-order valence-corrected chi connectivity index (χ3v) is 5.79. The number of anilines is 1. The van der Waals surface area contributed by atoms with Crippen LogP contribution in [0, 0.1) is 11.3 Å². The fraction of sp³-hybridized carbons (Fsp3) is 0.545. The van der Waals surface area contributed by atoms with Crippen molar-refractivity contribution in [3.05, 3.63) is 29.6 Å². The summed E-state index contributed by atoms with van der Waals surface area (Å²) < 4.78 is 6.64. The summed E-state index contributed by atoms with van der Waals surface area (Å²) in [6, 6.07) is 1.88. The van der Waals surface area contributed by atoms with Gasteiger partial charge in [-0.1, -0.05) is 34.6 Å². The van der Waals surface area contributed by atoms with Gasteiger partial charge in [-0.2, -0.15) is 5.10 Å². The minimum absolute atomic E-state index is 0.0751. The van der Waals surface area contributed by atoms with Crippen LogP contribution >= 0.6 is 0 Å². The smallest absolute Gasteiger partial charge is 0.339 e. The molecular weight excluding hydrogens is 384 g/mol. The fourth-order valence-electron chi connectivity index (χ4n) is 3.66. The highest BCUT2D eigenvalue weighted by molar-refractivity contribution is 6.03. The van der Waals surface area contributed by atoms with Gasteiger partial charge in [0.25, 0.3) is 5.91 Å². The van der Waals surface area contributed by atoms with E-state index in [0.717, 1.165) is 12.8 Å². The summed E-state index contributed by atoms with van der Waals surface area (Å²) in [5.74, 6) is -0.401. The number of carbonyl (C=O) groups excluding carboxylic acids is 3. The molecule has 1 aliphatic carbocycles. The summed E-state index contributed by atoms with van der Waals surface area (Å²) in [6.07, 6.45) is 5.17. The molecule has 0 bridgehead atoms. The van der Waals surface area contributed by atoms with Crippen LogP contribution < -0.4 is 11.1 Å². The molecule has 30 heavy (non-hydrogen) atoms. The standard InChI is InChI=1S/C19H26N4O3.C2H6.CH2O/c1-5-26-18(25)12-8-14-16(13(17(20)24)9-21-23(14)10-12)22-15-7-6-11(2)19(15,3)4;2*1-2/h8-11,15,22H,5-7H2,1-4H3,(H2,20,24);1-2H3;1H2/t11-,15+;;/m0../s1. The van der Waals surface area contributed by atoms with Crippen LogP contribution in [0.4, 0.5) is 5.69 Å². The third kappa shape index (κ3) is 4.98. The number of rotatable bonds is 5. The molecule has 166 valence electrons. The Bertz CT molecular complexity index is 875. The first-order valence-electron chi connectivity index (χ1n) is 10.3. The van der Waals surface area contributed by atoms with E-state index in [0.29, 0.717) is 34.9 Å². The van der Waals surface area contributed by atoms with Crippen LogP contribution in [0.25, 0.3) is 5.52 Å². The van der Waals surface area contributed by atoms with Crippen LogP contribution in [0.15, 0.2) is 18.5 Å². The molecule has 0 radical (unpaired) electrons. The third-order valence-electron chi connectivity index (χ3n) is 5.79. The van der Waals surface area contributed by atoms with Gasteiger partial charge in [-0.05, 0) is 37.2 Å². The lowest BCUT2D eigenvalue weighted by Gasteiger charge is -2.33. The number of carbonyl (C=O) groups is 3. The van der Waals surface area contributed by atoms with Crippen LogP contribution in [-0.2, 0) is 9.53 Å². The SMILES string of the molecule is C=O.CC.CCOC(=O)c1cc2c(N[C@@H]3CC[C@H](C)C3(C)C)c(C(N)=O)cnn2c1. The Hall–Kier alpha value is -2.90. The predicted molar refractivity (Wildman–Crippen MR) is 118 cm³/mol. The van der Waals surface area contributed by atoms with Crippen molar-refractivity contribution < 1.29 is 19.1 Å². The van der Waals surface area contributed by atoms with E-state index in [2.05, 4.69) is 31.2 Å². The highest BCUT2D eigenvalue weighted by Gasteiger charge is 2.41. The van der Waals surface area contributed by atoms with Crippen LogP contribution in [0.1, 0.15) is 75.1 Å². The first kappa shape index (κ1) is 25.1. The number of amides is 1. The van der Waals surface area contributed by atoms with Crippen LogP contribution in [-0.4, -0.2) is 40.9 Å². The van der Waals surface area contributed by atoms with E-state index in [1.807, 2.05) is 20.6 Å². The molecule has 8 heteroatoms. The number of nitrogens with two attached hydrogens (primary N) is 1. The molecule has 0 spiro atoms. The molecule has 0 saturated heterocycles. The number of ether oxygens (including phenoxy) is 1. The van der Waals surface area contributed by atoms with Gasteiger partial charge < -0.3 is 20.6 Å². The molecule has 1 amide bonds. The number of aromatic nitrogens is 2. The van der Waals surface area contributed by atoms with E-state index in [1.54, 1.807) is 23.7 Å². The van der Waals surface area contributed by atoms with Gasteiger partial charge in [0.1, 0.15) is 6.79 Å². The quantitative estimate of drug-likeness (QED) is 0.716. The largest absolute Gasteiger partial charge is 0.462 e. The first-order chi connectivity index (χ1) is 14.3. The maximum absolute atomic E-state index is 12.1. The lowest BCUT2D eigenvalue weighted by molar-refractivity contribution is -0.0980. The van der Waals surface area contributed by atoms with Crippen molar-refractivity contribution in [1.82, 2.24) is 9.61 Å². The highest BCUT2D eigenvalue weighted by atomic mass is 16.5. The lowest BCUT2D eigenvalue weighted by atomic mass is 9.80. The summed E-state index contributed by atoms with van der Waals surface area (Å²) >= 11 is 0. The zero-order chi connectivity index (χ0) is 23.1. The van der Waals surface area contributed by atoms with Crippen molar-refractivity contribution in [2.45, 2.75) is 60.4 Å². The van der Waals surface area contributed by atoms with E-state index in [-0.39, 0.29) is 11.5 Å². The summed E-state index contributed by atoms with van der Waals surface area (Å²) in [7, 11) is 0. The van der Waals surface area contributed by atoms with Crippen LogP contribution in [0.3, 0.4) is 0 Å². The number of nitrogens with zero attached hydrogens (tertiary/aromatic N) is 2. The summed E-state index contributed by atoms with van der Waals surface area (Å²) in [4.78, 5) is 32.0. The van der Waals surface area contributed by atoms with E-state index in [9.17, 15) is 9.59 Å². The first-order valence-corrected chi connectivity index (χ1v) is 10.3. The van der Waals surface area contributed by atoms with Gasteiger partial charge in [-0.3, -0.25) is 4.79 Å². The summed E-state index contributed by atoms with van der Waals surface area (Å²) in [5.41, 5.74) is 7.62. The van der Waals surface area contributed by atoms with Gasteiger partial charge in [0, 0.05) is 12.2 Å². The topological polar surface area (TPSA) is 116 Å². The normalized spacial score (nSPS) is 19.1. The molecule has 2 aromatic heterocycles. The van der Waals surface area contributed by atoms with Gasteiger partial charge in [-0.25, -0.2) is 9.31 Å². The van der Waals surface area contributed by atoms with Crippen molar-refractivity contribution in [2.24, 2.45) is 17.1 Å². The Labute approximate surface area is 178 Å². The maximum atomic E-state index is 12.1. The van der Waals surface area contributed by atoms with Crippen molar-refractivity contribution in [2.75, 3.05) is 11.9 Å². The minimum Gasteiger partial charge on any atom is -0.462 e. The molecule has 1 saturated carbocycles. The van der Waals surface area contributed by atoms with E-state index >= 15 is 0 Å². The zero-order valence-electron chi connectivity index (χ0n) is 18.8. The maximum Gasteiger partial charge on any atom is 0.339 e. The molecule has 8 nitrogen and oxygen atoms in total. The van der Waals surface area contributed by atoms with E-state index in [1.165, 1.54) is 6.20 Å². The molecule has 2 atom stereocenters.